The molecule has 0 bridgehead atoms. The van der Waals surface area contributed by atoms with Gasteiger partial charge in [0.2, 0.25) is 5.77 Å². The Morgan fingerprint density at radius 2 is 2.29 bits per heavy atom. The highest BCUT2D eigenvalue weighted by Gasteiger charge is 2.04. The van der Waals surface area contributed by atoms with Gasteiger partial charge < -0.3 is 4.52 Å². The fourth-order valence-electron chi connectivity index (χ4n) is 0.0913. The summed E-state index contributed by atoms with van der Waals surface area (Å²) in [5, 5.41) is 2.66. The molecule has 0 saturated carbocycles. The third-order valence-electron chi connectivity index (χ3n) is 0.502. The molecular weight excluding hydrogens is 153 g/mol. The van der Waals surface area contributed by atoms with Crippen molar-refractivity contribution in [3.05, 3.63) is 0 Å². The van der Waals surface area contributed by atoms with Crippen LogP contribution in [0.2, 0.25) is 0 Å². The van der Waals surface area contributed by atoms with Crippen molar-refractivity contribution in [2.45, 2.75) is 0 Å². The van der Waals surface area contributed by atoms with Crippen molar-refractivity contribution in [3.8, 4) is 0 Å². The zero-order chi connectivity index (χ0) is 5.91. The monoisotopic (exact) mass is 159 g/mol. The molecule has 1 N–H and O–H groups in total. The molecule has 1 atom stereocenters. The Morgan fingerprint density at radius 3 is 2.29 bits per heavy atom. The quantitative estimate of drug-likeness (QED) is 0.614. The van der Waals surface area contributed by atoms with Crippen molar-refractivity contribution in [2.75, 3.05) is 14.2 Å². The van der Waals surface area contributed by atoms with Gasteiger partial charge in [0.05, 0.1) is 0 Å². The lowest BCUT2D eigenvalue weighted by atomic mass is 11.6. The topological polar surface area (TPSA) is 21.3 Å². The van der Waals surface area contributed by atoms with E-state index < -0.39 is 5.77 Å². The highest BCUT2D eigenvalue weighted by atomic mass is 35.7. The van der Waals surface area contributed by atoms with Crippen LogP contribution >= 0.6 is 17.0 Å². The van der Waals surface area contributed by atoms with Gasteiger partial charge in [0, 0.05) is 7.11 Å². The van der Waals surface area contributed by atoms with Gasteiger partial charge in [-0.25, -0.2) is 0 Å². The molecule has 0 aliphatic carbocycles. The highest BCUT2D eigenvalue weighted by Crippen LogP contribution is 2.46. The largest absolute Gasteiger partial charge is 0.330 e. The molecule has 44 valence electrons. The summed E-state index contributed by atoms with van der Waals surface area (Å²) in [6.45, 7) is 0. The second-order valence-corrected chi connectivity index (χ2v) is 6.23. The van der Waals surface area contributed by atoms with Crippen LogP contribution < -0.4 is 5.09 Å². The number of hydrogen-bond acceptors (Lipinski definition) is 2. The van der Waals surface area contributed by atoms with Gasteiger partial charge in [-0.2, -0.15) is 0 Å². The van der Waals surface area contributed by atoms with Crippen LogP contribution in [-0.2, 0) is 16.3 Å². The molecule has 1 unspecified atom stereocenters. The fraction of sp³-hybridized carbons (Fsp3) is 1.00. The molecule has 0 saturated heterocycles. The van der Waals surface area contributed by atoms with Crippen molar-refractivity contribution < 1.29 is 4.52 Å². The molecule has 0 aromatic rings. The zero-order valence-electron chi connectivity index (χ0n) is 4.14. The molecule has 0 aromatic carbocycles. The lowest BCUT2D eigenvalue weighted by Crippen LogP contribution is -1.97. The first kappa shape index (κ1) is 7.86. The van der Waals surface area contributed by atoms with Gasteiger partial charge in [-0.15, -0.1) is 0 Å². The molecule has 7 heavy (non-hydrogen) atoms. The Bertz CT molecular complexity index is 89.7. The second-order valence-electron chi connectivity index (χ2n) is 0.886. The molecular formula is C2H7ClNOPS. The van der Waals surface area contributed by atoms with Crippen LogP contribution in [-0.4, -0.2) is 14.2 Å². The Labute approximate surface area is 53.1 Å². The van der Waals surface area contributed by atoms with Crippen LogP contribution in [0.15, 0.2) is 0 Å². The molecule has 0 spiro atoms. The molecule has 0 aliphatic heterocycles. The second kappa shape index (κ2) is 3.00. The minimum atomic E-state index is -2.10. The Morgan fingerprint density at radius 1 is 1.86 bits per heavy atom. The minimum Gasteiger partial charge on any atom is -0.330 e. The molecule has 0 fully saturated rings. The van der Waals surface area contributed by atoms with Crippen LogP contribution in [0.4, 0.5) is 0 Å². The van der Waals surface area contributed by atoms with Gasteiger partial charge in [-0.05, 0) is 30.1 Å². The van der Waals surface area contributed by atoms with Gasteiger partial charge in [0.25, 0.3) is 0 Å². The average Bonchev–Trinajstić information content (AvgIpc) is 1.68. The normalized spacial score (nSPS) is 18.7. The van der Waals surface area contributed by atoms with E-state index in [1.54, 1.807) is 7.05 Å². The summed E-state index contributed by atoms with van der Waals surface area (Å²) >= 11 is 10.2. The number of hydrogen-bond donors (Lipinski definition) is 1. The van der Waals surface area contributed by atoms with Crippen LogP contribution in [0, 0.1) is 0 Å². The zero-order valence-corrected chi connectivity index (χ0v) is 6.61. The van der Waals surface area contributed by atoms with Gasteiger partial charge in [-0.3, -0.25) is 5.09 Å². The van der Waals surface area contributed by atoms with E-state index in [1.807, 2.05) is 0 Å². The van der Waals surface area contributed by atoms with Crippen molar-refractivity contribution in [1.82, 2.24) is 5.09 Å². The number of rotatable bonds is 2. The molecule has 0 aromatic heterocycles. The highest BCUT2D eigenvalue weighted by molar-refractivity contribution is 8.23. The predicted octanol–water partition coefficient (Wildman–Crippen LogP) is 1.32. The van der Waals surface area contributed by atoms with E-state index >= 15 is 0 Å². The molecule has 0 aliphatic rings. The SMILES string of the molecule is CNP(=S)(Cl)OC. The molecule has 2 nitrogen and oxygen atoms in total. The van der Waals surface area contributed by atoms with Crippen LogP contribution in [0.1, 0.15) is 0 Å². The standard InChI is InChI=1S/C2H7ClNOPS/c1-4-6(3,7)5-2/h1-2H3,(H,4,7). The van der Waals surface area contributed by atoms with Crippen molar-refractivity contribution in [2.24, 2.45) is 0 Å². The Hall–Kier alpha value is 0.860. The van der Waals surface area contributed by atoms with E-state index in [9.17, 15) is 0 Å². The van der Waals surface area contributed by atoms with E-state index in [1.165, 1.54) is 7.11 Å². The first-order chi connectivity index (χ1) is 3.12. The lowest BCUT2D eigenvalue weighted by Gasteiger charge is -2.07. The lowest BCUT2D eigenvalue weighted by molar-refractivity contribution is 0.464. The summed E-state index contributed by atoms with van der Waals surface area (Å²) < 4.78 is 4.67. The first-order valence-electron chi connectivity index (χ1n) is 1.67. The van der Waals surface area contributed by atoms with Gasteiger partial charge in [0.15, 0.2) is 0 Å². The van der Waals surface area contributed by atoms with E-state index in [-0.39, 0.29) is 0 Å². The van der Waals surface area contributed by atoms with Crippen molar-refractivity contribution in [1.29, 1.82) is 0 Å². The molecule has 0 radical (unpaired) electrons. The summed E-state index contributed by atoms with van der Waals surface area (Å²) in [5.74, 6) is -2.10. The van der Waals surface area contributed by atoms with Crippen molar-refractivity contribution in [3.63, 3.8) is 0 Å². The summed E-state index contributed by atoms with van der Waals surface area (Å²) in [6, 6.07) is 0. The van der Waals surface area contributed by atoms with Crippen molar-refractivity contribution >= 4 is 28.8 Å². The van der Waals surface area contributed by atoms with E-state index in [4.69, 9.17) is 11.2 Å². The minimum absolute atomic E-state index is 1.49. The first-order valence-corrected chi connectivity index (χ1v) is 5.29. The molecule has 0 rings (SSSR count). The summed E-state index contributed by atoms with van der Waals surface area (Å²) in [4.78, 5) is 0. The Kier molecular flexibility index (Phi) is 3.37. The maximum Gasteiger partial charge on any atom is 0.218 e. The summed E-state index contributed by atoms with van der Waals surface area (Å²) in [6.07, 6.45) is 0. The Balaban J connectivity index is 3.61. The van der Waals surface area contributed by atoms with E-state index in [2.05, 4.69) is 21.4 Å². The fourth-order valence-corrected chi connectivity index (χ4v) is 0.274. The number of halogens is 1. The molecule has 0 amide bonds. The third kappa shape index (κ3) is 3.44. The van der Waals surface area contributed by atoms with Gasteiger partial charge in [-0.1, -0.05) is 0 Å². The van der Waals surface area contributed by atoms with Crippen LogP contribution in [0.3, 0.4) is 0 Å². The number of nitrogens with one attached hydrogen (secondary N) is 1. The molecule has 0 heterocycles. The van der Waals surface area contributed by atoms with E-state index in [0.717, 1.165) is 0 Å². The van der Waals surface area contributed by atoms with Gasteiger partial charge >= 0.3 is 0 Å². The predicted molar refractivity (Wildman–Crippen MR) is 36.2 cm³/mol. The van der Waals surface area contributed by atoms with Gasteiger partial charge in [0.1, 0.15) is 0 Å². The molecule has 5 heteroatoms. The van der Waals surface area contributed by atoms with Crippen LogP contribution in [0.25, 0.3) is 0 Å². The summed E-state index contributed by atoms with van der Waals surface area (Å²) in [7, 11) is 3.17. The maximum absolute atomic E-state index is 5.50. The maximum atomic E-state index is 5.50. The summed E-state index contributed by atoms with van der Waals surface area (Å²) in [5.41, 5.74) is 0. The average molecular weight is 160 g/mol. The third-order valence-corrected chi connectivity index (χ3v) is 3.42. The van der Waals surface area contributed by atoms with Crippen LogP contribution in [0.5, 0.6) is 0 Å². The smallest absolute Gasteiger partial charge is 0.218 e. The van der Waals surface area contributed by atoms with E-state index in [0.29, 0.717) is 0 Å².